The van der Waals surface area contributed by atoms with Crippen LogP contribution in [0.1, 0.15) is 50.0 Å². The van der Waals surface area contributed by atoms with E-state index in [-0.39, 0.29) is 25.0 Å². The third-order valence-corrected chi connectivity index (χ3v) is 5.23. The summed E-state index contributed by atoms with van der Waals surface area (Å²) in [6, 6.07) is 10.7. The number of carbonyl (C=O) groups is 3. The second-order valence-corrected chi connectivity index (χ2v) is 7.83. The first-order chi connectivity index (χ1) is 15.7. The van der Waals surface area contributed by atoms with Crippen molar-refractivity contribution >= 4 is 23.5 Å². The van der Waals surface area contributed by atoms with Crippen LogP contribution in [0.4, 0.5) is 5.69 Å². The molecule has 33 heavy (non-hydrogen) atoms. The lowest BCUT2D eigenvalue weighted by molar-refractivity contribution is -0.115. The minimum atomic E-state index is -0.424. The third kappa shape index (κ3) is 5.46. The molecule has 8 nitrogen and oxygen atoms in total. The Morgan fingerprint density at radius 3 is 2.24 bits per heavy atom. The Morgan fingerprint density at radius 2 is 1.64 bits per heavy atom. The molecule has 0 atom stereocenters. The summed E-state index contributed by atoms with van der Waals surface area (Å²) in [4.78, 5) is 36.8. The Morgan fingerprint density at radius 1 is 1.00 bits per heavy atom. The van der Waals surface area contributed by atoms with Crippen LogP contribution in [0.3, 0.4) is 0 Å². The Hall–Kier alpha value is -3.94. The molecule has 0 bridgehead atoms. The molecule has 3 rings (SSSR count). The number of amides is 2. The van der Waals surface area contributed by atoms with Crippen LogP contribution in [0.25, 0.3) is 5.69 Å². The zero-order valence-electron chi connectivity index (χ0n) is 19.5. The van der Waals surface area contributed by atoms with Crippen molar-refractivity contribution in [3.8, 4) is 5.69 Å². The van der Waals surface area contributed by atoms with E-state index in [9.17, 15) is 14.4 Å². The summed E-state index contributed by atoms with van der Waals surface area (Å²) >= 11 is 0. The van der Waals surface area contributed by atoms with Gasteiger partial charge in [0, 0.05) is 11.3 Å². The summed E-state index contributed by atoms with van der Waals surface area (Å²) in [5.41, 5.74) is 5.98. The molecule has 0 fully saturated rings. The number of rotatable bonds is 7. The summed E-state index contributed by atoms with van der Waals surface area (Å²) in [6.07, 6.45) is 1.46. The quantitative estimate of drug-likeness (QED) is 0.537. The van der Waals surface area contributed by atoms with Crippen LogP contribution in [-0.2, 0) is 9.53 Å². The van der Waals surface area contributed by atoms with Gasteiger partial charge in [0.2, 0.25) is 5.91 Å². The van der Waals surface area contributed by atoms with Crippen LogP contribution >= 0.6 is 0 Å². The van der Waals surface area contributed by atoms with Gasteiger partial charge in [0.1, 0.15) is 5.56 Å². The SMILES string of the molecule is CCOC(=O)c1cnn(-c2ccc(C(=O)NCC(=O)Nc3c(C)cc(C)cc3C)cc2)c1C. The maximum atomic E-state index is 12.5. The van der Waals surface area contributed by atoms with Crippen LogP contribution < -0.4 is 10.6 Å². The normalized spacial score (nSPS) is 10.6. The van der Waals surface area contributed by atoms with Gasteiger partial charge in [-0.15, -0.1) is 0 Å². The average Bonchev–Trinajstić information content (AvgIpc) is 3.16. The molecule has 2 amide bonds. The van der Waals surface area contributed by atoms with Gasteiger partial charge in [-0.2, -0.15) is 5.10 Å². The summed E-state index contributed by atoms with van der Waals surface area (Å²) in [6.45, 7) is 9.54. The van der Waals surface area contributed by atoms with Gasteiger partial charge >= 0.3 is 5.97 Å². The maximum Gasteiger partial charge on any atom is 0.341 e. The molecule has 1 heterocycles. The van der Waals surface area contributed by atoms with E-state index in [0.717, 1.165) is 22.4 Å². The number of nitrogens with zero attached hydrogens (tertiary/aromatic N) is 2. The van der Waals surface area contributed by atoms with Gasteiger partial charge in [0.05, 0.1) is 30.7 Å². The molecule has 0 unspecified atom stereocenters. The van der Waals surface area contributed by atoms with Gasteiger partial charge in [0.15, 0.2) is 0 Å². The van der Waals surface area contributed by atoms with Crippen molar-refractivity contribution in [2.24, 2.45) is 0 Å². The monoisotopic (exact) mass is 448 g/mol. The fourth-order valence-electron chi connectivity index (χ4n) is 3.66. The number of ether oxygens (including phenoxy) is 1. The third-order valence-electron chi connectivity index (χ3n) is 5.23. The lowest BCUT2D eigenvalue weighted by atomic mass is 10.1. The van der Waals surface area contributed by atoms with E-state index < -0.39 is 5.97 Å². The summed E-state index contributed by atoms with van der Waals surface area (Å²) in [5.74, 6) is -1.08. The van der Waals surface area contributed by atoms with Crippen LogP contribution in [0.5, 0.6) is 0 Å². The number of nitrogens with one attached hydrogen (secondary N) is 2. The highest BCUT2D eigenvalue weighted by Crippen LogP contribution is 2.21. The molecular formula is C25H28N4O4. The molecule has 1 aromatic heterocycles. The summed E-state index contributed by atoms with van der Waals surface area (Å²) in [5, 5.41) is 9.75. The molecule has 0 saturated heterocycles. The number of benzene rings is 2. The number of hydrogen-bond acceptors (Lipinski definition) is 5. The Labute approximate surface area is 193 Å². The number of aromatic nitrogens is 2. The number of carbonyl (C=O) groups excluding carboxylic acids is 3. The van der Waals surface area contributed by atoms with Gasteiger partial charge in [0.25, 0.3) is 5.91 Å². The minimum Gasteiger partial charge on any atom is -0.462 e. The lowest BCUT2D eigenvalue weighted by Crippen LogP contribution is -2.33. The van der Waals surface area contributed by atoms with Crippen molar-refractivity contribution in [1.82, 2.24) is 15.1 Å². The zero-order valence-corrected chi connectivity index (χ0v) is 19.5. The number of hydrogen-bond donors (Lipinski definition) is 2. The van der Waals surface area contributed by atoms with E-state index in [1.807, 2.05) is 32.9 Å². The minimum absolute atomic E-state index is 0.144. The molecule has 3 aromatic rings. The van der Waals surface area contributed by atoms with E-state index in [0.29, 0.717) is 22.5 Å². The van der Waals surface area contributed by atoms with E-state index in [2.05, 4.69) is 15.7 Å². The predicted octanol–water partition coefficient (Wildman–Crippen LogP) is 3.65. The maximum absolute atomic E-state index is 12.5. The Balaban J connectivity index is 1.62. The van der Waals surface area contributed by atoms with Crippen LogP contribution in [0, 0.1) is 27.7 Å². The van der Waals surface area contributed by atoms with Gasteiger partial charge in [-0.25, -0.2) is 9.48 Å². The molecule has 172 valence electrons. The zero-order chi connectivity index (χ0) is 24.1. The molecule has 2 N–H and O–H groups in total. The number of aryl methyl sites for hydroxylation is 3. The van der Waals surface area contributed by atoms with Gasteiger partial charge < -0.3 is 15.4 Å². The highest BCUT2D eigenvalue weighted by molar-refractivity contribution is 6.00. The van der Waals surface area contributed by atoms with Crippen molar-refractivity contribution in [1.29, 1.82) is 0 Å². The largest absolute Gasteiger partial charge is 0.462 e. The van der Waals surface area contributed by atoms with Crippen molar-refractivity contribution in [2.75, 3.05) is 18.5 Å². The second-order valence-electron chi connectivity index (χ2n) is 7.83. The highest BCUT2D eigenvalue weighted by Gasteiger charge is 2.16. The Bertz CT molecular complexity index is 1170. The van der Waals surface area contributed by atoms with E-state index in [1.54, 1.807) is 42.8 Å². The Kier molecular flexibility index (Phi) is 7.27. The number of esters is 1. The molecular weight excluding hydrogens is 420 g/mol. The summed E-state index contributed by atoms with van der Waals surface area (Å²) in [7, 11) is 0. The van der Waals surface area contributed by atoms with Crippen LogP contribution in [0.2, 0.25) is 0 Å². The average molecular weight is 449 g/mol. The first-order valence-electron chi connectivity index (χ1n) is 10.7. The van der Waals surface area contributed by atoms with Gasteiger partial charge in [-0.3, -0.25) is 9.59 Å². The molecule has 0 aliphatic carbocycles. The highest BCUT2D eigenvalue weighted by atomic mass is 16.5. The fraction of sp³-hybridized carbons (Fsp3) is 0.280. The second kappa shape index (κ2) is 10.1. The van der Waals surface area contributed by atoms with Gasteiger partial charge in [-0.05, 0) is 70.0 Å². The molecule has 0 saturated carbocycles. The number of anilines is 1. The molecule has 0 spiro atoms. The molecule has 0 aliphatic rings. The molecule has 0 aliphatic heterocycles. The topological polar surface area (TPSA) is 102 Å². The first-order valence-corrected chi connectivity index (χ1v) is 10.7. The van der Waals surface area contributed by atoms with E-state index >= 15 is 0 Å². The smallest absolute Gasteiger partial charge is 0.341 e. The van der Waals surface area contributed by atoms with Crippen molar-refractivity contribution < 1.29 is 19.1 Å². The molecule has 2 aromatic carbocycles. The van der Waals surface area contributed by atoms with Crippen LogP contribution in [-0.4, -0.2) is 40.7 Å². The van der Waals surface area contributed by atoms with Gasteiger partial charge in [-0.1, -0.05) is 17.7 Å². The standard InChI is InChI=1S/C25H28N4O4/c1-6-33-25(32)21-13-27-29(18(21)5)20-9-7-19(8-10-20)24(31)26-14-22(30)28-23-16(3)11-15(2)12-17(23)4/h7-13H,6,14H2,1-5H3,(H,26,31)(H,28,30). The van der Waals surface area contributed by atoms with Crippen molar-refractivity contribution in [3.63, 3.8) is 0 Å². The van der Waals surface area contributed by atoms with Crippen LogP contribution in [0.15, 0.2) is 42.6 Å². The molecule has 8 heteroatoms. The fourth-order valence-corrected chi connectivity index (χ4v) is 3.66. The van der Waals surface area contributed by atoms with Crippen molar-refractivity contribution in [3.05, 3.63) is 76.1 Å². The first kappa shape index (κ1) is 23.7. The predicted molar refractivity (Wildman–Crippen MR) is 126 cm³/mol. The lowest BCUT2D eigenvalue weighted by Gasteiger charge is -2.13. The van der Waals surface area contributed by atoms with Crippen molar-refractivity contribution in [2.45, 2.75) is 34.6 Å². The van der Waals surface area contributed by atoms with E-state index in [4.69, 9.17) is 4.74 Å². The molecule has 0 radical (unpaired) electrons. The summed E-state index contributed by atoms with van der Waals surface area (Å²) < 4.78 is 6.64. The van der Waals surface area contributed by atoms with E-state index in [1.165, 1.54) is 6.20 Å².